The SMILES string of the molecule is Cc1ccc(CN2CC[C@H]3[C@H]2CCN3S(=O)(=O)C2CC2)o1.O=C(O)C(F)(F)F. The summed E-state index contributed by atoms with van der Waals surface area (Å²) in [4.78, 5) is 11.3. The van der Waals surface area contributed by atoms with Crippen LogP contribution in [0.25, 0.3) is 0 Å². The molecular formula is C17H23F3N2O5S. The Hall–Kier alpha value is -1.59. The molecule has 2 atom stereocenters. The van der Waals surface area contributed by atoms with Gasteiger partial charge in [-0.2, -0.15) is 17.5 Å². The monoisotopic (exact) mass is 424 g/mol. The van der Waals surface area contributed by atoms with Crippen LogP contribution in [0.1, 0.15) is 37.2 Å². The highest BCUT2D eigenvalue weighted by Gasteiger charge is 2.51. The molecule has 0 bridgehead atoms. The van der Waals surface area contributed by atoms with Gasteiger partial charge in [-0.15, -0.1) is 0 Å². The lowest BCUT2D eigenvalue weighted by atomic mass is 10.1. The van der Waals surface area contributed by atoms with Crippen molar-refractivity contribution in [1.82, 2.24) is 9.21 Å². The maximum atomic E-state index is 12.5. The lowest BCUT2D eigenvalue weighted by molar-refractivity contribution is -0.192. The average Bonchev–Trinajstić information content (AvgIpc) is 3.08. The molecule has 1 aromatic rings. The van der Waals surface area contributed by atoms with Gasteiger partial charge in [-0.05, 0) is 44.7 Å². The van der Waals surface area contributed by atoms with Crippen LogP contribution in [0.5, 0.6) is 0 Å². The van der Waals surface area contributed by atoms with Crippen LogP contribution in [0.2, 0.25) is 0 Å². The number of nitrogens with zero attached hydrogens (tertiary/aromatic N) is 2. The van der Waals surface area contributed by atoms with Gasteiger partial charge in [0.05, 0.1) is 11.8 Å². The van der Waals surface area contributed by atoms with E-state index in [4.69, 9.17) is 14.3 Å². The normalized spacial score (nSPS) is 26.0. The van der Waals surface area contributed by atoms with Gasteiger partial charge in [-0.3, -0.25) is 4.90 Å². The van der Waals surface area contributed by atoms with Gasteiger partial charge in [-0.25, -0.2) is 13.2 Å². The summed E-state index contributed by atoms with van der Waals surface area (Å²) in [5, 5.41) is 7.04. The lowest BCUT2D eigenvalue weighted by Gasteiger charge is -2.24. The molecule has 1 saturated carbocycles. The molecule has 0 spiro atoms. The number of hydrogen-bond donors (Lipinski definition) is 1. The summed E-state index contributed by atoms with van der Waals surface area (Å²) < 4.78 is 64.2. The fourth-order valence-electron chi connectivity index (χ4n) is 3.88. The first kappa shape index (κ1) is 21.1. The summed E-state index contributed by atoms with van der Waals surface area (Å²) in [6.07, 6.45) is -1.47. The van der Waals surface area contributed by atoms with E-state index < -0.39 is 22.2 Å². The molecule has 11 heteroatoms. The summed E-state index contributed by atoms with van der Waals surface area (Å²) in [6, 6.07) is 4.56. The van der Waals surface area contributed by atoms with E-state index in [1.165, 1.54) is 0 Å². The smallest absolute Gasteiger partial charge is 0.475 e. The zero-order valence-electron chi connectivity index (χ0n) is 15.4. The third-order valence-corrected chi connectivity index (χ3v) is 7.73. The molecule has 0 unspecified atom stereocenters. The third-order valence-electron chi connectivity index (χ3n) is 5.31. The van der Waals surface area contributed by atoms with Crippen LogP contribution in [0.3, 0.4) is 0 Å². The number of carboxylic acids is 1. The summed E-state index contributed by atoms with van der Waals surface area (Å²) in [5.41, 5.74) is 0. The van der Waals surface area contributed by atoms with E-state index in [1.54, 1.807) is 0 Å². The molecule has 3 fully saturated rings. The standard InChI is InChI=1S/C15H22N2O3S.C2HF3O2/c1-11-2-3-12(20-11)10-16-8-6-15-14(16)7-9-17(15)21(18,19)13-4-5-13;3-2(4,5)1(6)7/h2-3,13-15H,4-10H2,1H3;(H,6,7)/t14-,15+;/m1./s1. The Morgan fingerprint density at radius 1 is 1.18 bits per heavy atom. The number of fused-ring (bicyclic) bond motifs is 1. The second-order valence-electron chi connectivity index (χ2n) is 7.35. The van der Waals surface area contributed by atoms with Gasteiger partial charge >= 0.3 is 12.1 Å². The molecule has 28 heavy (non-hydrogen) atoms. The number of hydrogen-bond acceptors (Lipinski definition) is 5. The number of aryl methyl sites for hydroxylation is 1. The first-order chi connectivity index (χ1) is 13.0. The van der Waals surface area contributed by atoms with Gasteiger partial charge in [0, 0.05) is 25.2 Å². The molecule has 2 aliphatic heterocycles. The molecule has 7 nitrogen and oxygen atoms in total. The molecule has 0 amide bonds. The Balaban J connectivity index is 0.000000279. The predicted octanol–water partition coefficient (Wildman–Crippen LogP) is 2.36. The Morgan fingerprint density at radius 3 is 2.29 bits per heavy atom. The van der Waals surface area contributed by atoms with Crippen molar-refractivity contribution < 1.29 is 35.9 Å². The number of aliphatic carboxylic acids is 1. The van der Waals surface area contributed by atoms with E-state index in [0.29, 0.717) is 12.6 Å². The van der Waals surface area contributed by atoms with E-state index in [1.807, 2.05) is 23.4 Å². The molecule has 3 heterocycles. The molecule has 0 aromatic carbocycles. The minimum absolute atomic E-state index is 0.0852. The van der Waals surface area contributed by atoms with Crippen molar-refractivity contribution in [2.24, 2.45) is 0 Å². The van der Waals surface area contributed by atoms with E-state index in [9.17, 15) is 21.6 Å². The molecule has 1 aliphatic carbocycles. The molecule has 1 N–H and O–H groups in total. The third kappa shape index (κ3) is 4.52. The Bertz CT molecular complexity index is 819. The maximum Gasteiger partial charge on any atom is 0.490 e. The zero-order valence-corrected chi connectivity index (χ0v) is 16.2. The van der Waals surface area contributed by atoms with Crippen molar-refractivity contribution in [3.8, 4) is 0 Å². The summed E-state index contributed by atoms with van der Waals surface area (Å²) in [5.74, 6) is -0.839. The van der Waals surface area contributed by atoms with Gasteiger partial charge in [0.15, 0.2) is 0 Å². The fraction of sp³-hybridized carbons (Fsp3) is 0.706. The van der Waals surface area contributed by atoms with Gasteiger partial charge in [0.1, 0.15) is 11.5 Å². The molecule has 1 aromatic heterocycles. The number of alkyl halides is 3. The van der Waals surface area contributed by atoms with E-state index in [-0.39, 0.29) is 11.3 Å². The number of sulfonamides is 1. The van der Waals surface area contributed by atoms with Crippen LogP contribution >= 0.6 is 0 Å². The zero-order chi connectivity index (χ0) is 20.7. The number of likely N-dealkylation sites (tertiary alicyclic amines) is 1. The van der Waals surface area contributed by atoms with Crippen molar-refractivity contribution >= 4 is 16.0 Å². The number of furan rings is 1. The van der Waals surface area contributed by atoms with E-state index in [0.717, 1.165) is 50.3 Å². The first-order valence-electron chi connectivity index (χ1n) is 9.10. The highest BCUT2D eigenvalue weighted by molar-refractivity contribution is 7.90. The van der Waals surface area contributed by atoms with Crippen LogP contribution in [0.15, 0.2) is 16.5 Å². The van der Waals surface area contributed by atoms with Gasteiger partial charge in [0.2, 0.25) is 10.0 Å². The van der Waals surface area contributed by atoms with Crippen LogP contribution < -0.4 is 0 Å². The first-order valence-corrected chi connectivity index (χ1v) is 10.6. The van der Waals surface area contributed by atoms with Gasteiger partial charge < -0.3 is 9.52 Å². The second-order valence-corrected chi connectivity index (χ2v) is 9.52. The predicted molar refractivity (Wildman–Crippen MR) is 93.0 cm³/mol. The van der Waals surface area contributed by atoms with Crippen LogP contribution in [0.4, 0.5) is 13.2 Å². The molecule has 4 rings (SSSR count). The second kappa shape index (κ2) is 7.68. The van der Waals surface area contributed by atoms with Crippen molar-refractivity contribution in [3.05, 3.63) is 23.7 Å². The Morgan fingerprint density at radius 2 is 1.79 bits per heavy atom. The lowest BCUT2D eigenvalue weighted by Crippen LogP contribution is -2.41. The summed E-state index contributed by atoms with van der Waals surface area (Å²) in [7, 11) is -3.03. The quantitative estimate of drug-likeness (QED) is 0.798. The summed E-state index contributed by atoms with van der Waals surface area (Å²) >= 11 is 0. The molecule has 0 radical (unpaired) electrons. The molecule has 3 aliphatic rings. The maximum absolute atomic E-state index is 12.5. The van der Waals surface area contributed by atoms with Crippen LogP contribution in [-0.4, -0.2) is 65.3 Å². The topological polar surface area (TPSA) is 91.1 Å². The van der Waals surface area contributed by atoms with E-state index in [2.05, 4.69) is 4.90 Å². The number of halogens is 3. The Labute approximate surface area is 161 Å². The Kier molecular flexibility index (Phi) is 5.79. The number of carboxylic acid groups (broad SMARTS) is 1. The average molecular weight is 424 g/mol. The van der Waals surface area contributed by atoms with Crippen LogP contribution in [0, 0.1) is 6.92 Å². The largest absolute Gasteiger partial charge is 0.490 e. The van der Waals surface area contributed by atoms with Crippen molar-refractivity contribution in [2.75, 3.05) is 13.1 Å². The fourth-order valence-corrected chi connectivity index (χ4v) is 5.97. The molecular weight excluding hydrogens is 401 g/mol. The minimum atomic E-state index is -5.08. The number of carbonyl (C=O) groups is 1. The minimum Gasteiger partial charge on any atom is -0.475 e. The molecule has 158 valence electrons. The molecule has 2 saturated heterocycles. The van der Waals surface area contributed by atoms with Gasteiger partial charge in [-0.1, -0.05) is 0 Å². The van der Waals surface area contributed by atoms with E-state index >= 15 is 0 Å². The highest BCUT2D eigenvalue weighted by atomic mass is 32.2. The van der Waals surface area contributed by atoms with Crippen molar-refractivity contribution in [2.45, 2.75) is 62.7 Å². The van der Waals surface area contributed by atoms with Crippen molar-refractivity contribution in [1.29, 1.82) is 0 Å². The van der Waals surface area contributed by atoms with Crippen LogP contribution in [-0.2, 0) is 21.4 Å². The van der Waals surface area contributed by atoms with Gasteiger partial charge in [0.25, 0.3) is 0 Å². The number of rotatable bonds is 4. The highest BCUT2D eigenvalue weighted by Crippen LogP contribution is 2.39. The van der Waals surface area contributed by atoms with Crippen molar-refractivity contribution in [3.63, 3.8) is 0 Å². The summed E-state index contributed by atoms with van der Waals surface area (Å²) in [6.45, 7) is 4.41.